The molecule has 2 aromatic rings. The number of ether oxygens (including phenoxy) is 1. The molecule has 1 atom stereocenters. The van der Waals surface area contributed by atoms with Crippen molar-refractivity contribution in [2.75, 3.05) is 44.7 Å². The number of likely N-dealkylation sites (N-methyl/N-ethyl adjacent to an activating group) is 1. The van der Waals surface area contributed by atoms with Gasteiger partial charge in [0.05, 0.1) is 11.6 Å². The van der Waals surface area contributed by atoms with Gasteiger partial charge in [0, 0.05) is 37.8 Å². The minimum Gasteiger partial charge on any atom is -0.487 e. The zero-order chi connectivity index (χ0) is 19.3. The van der Waals surface area contributed by atoms with Gasteiger partial charge in [-0.2, -0.15) is 0 Å². The standard InChI is InChI=1S/C18H21FN4O4/c1-10-9-27-17-15-11(14(20-26)12(18(24)25)8-23(10)15)7-13(19)16(17)22-5-3-21(2)4-6-22/h7-8,10,26H,3-6,9H2,1-2H3,(H,24,25)/b20-14-/t10-/m0/s1. The highest BCUT2D eigenvalue weighted by molar-refractivity contribution is 5.97. The molecule has 4 rings (SSSR count). The Labute approximate surface area is 154 Å². The Bertz CT molecular complexity index is 995. The Morgan fingerprint density at radius 1 is 1.33 bits per heavy atom. The number of carboxylic acid groups (broad SMARTS) is 1. The molecule has 1 aromatic carbocycles. The number of aromatic nitrogens is 1. The number of carboxylic acids is 1. The lowest BCUT2D eigenvalue weighted by atomic mass is 10.0. The van der Waals surface area contributed by atoms with Crippen LogP contribution >= 0.6 is 0 Å². The number of halogens is 1. The third-order valence-electron chi connectivity index (χ3n) is 5.31. The van der Waals surface area contributed by atoms with Gasteiger partial charge in [-0.1, -0.05) is 5.16 Å². The number of pyridine rings is 1. The molecule has 0 bridgehead atoms. The van der Waals surface area contributed by atoms with Crippen LogP contribution < -0.4 is 15.0 Å². The Balaban J connectivity index is 2.04. The van der Waals surface area contributed by atoms with E-state index in [1.165, 1.54) is 12.3 Å². The SMILES string of the molecule is C[C@H]1COc2c(N3CCN(C)CC3)c(F)cc3/c(=N/O)c(C(=O)O)cn1c23. The minimum absolute atomic E-state index is 0.142. The third kappa shape index (κ3) is 2.69. The maximum Gasteiger partial charge on any atom is 0.339 e. The summed E-state index contributed by atoms with van der Waals surface area (Å²) in [5.41, 5.74) is 0.738. The normalized spacial score (nSPS) is 20.8. The van der Waals surface area contributed by atoms with Crippen molar-refractivity contribution in [1.29, 1.82) is 0 Å². The first-order valence-corrected chi connectivity index (χ1v) is 8.81. The molecule has 0 radical (unpaired) electrons. The number of hydrogen-bond donors (Lipinski definition) is 2. The first kappa shape index (κ1) is 17.6. The van der Waals surface area contributed by atoms with Gasteiger partial charge in [-0.15, -0.1) is 0 Å². The first-order chi connectivity index (χ1) is 12.9. The van der Waals surface area contributed by atoms with Gasteiger partial charge in [0.1, 0.15) is 23.2 Å². The predicted molar refractivity (Wildman–Crippen MR) is 96.1 cm³/mol. The predicted octanol–water partition coefficient (Wildman–Crippen LogP) is 1.47. The number of carbonyl (C=O) groups is 1. The van der Waals surface area contributed by atoms with E-state index in [4.69, 9.17) is 4.74 Å². The molecule has 8 nitrogen and oxygen atoms in total. The number of nitrogens with zero attached hydrogens (tertiary/aromatic N) is 4. The van der Waals surface area contributed by atoms with Crippen molar-refractivity contribution in [1.82, 2.24) is 9.47 Å². The van der Waals surface area contributed by atoms with Gasteiger partial charge in [-0.25, -0.2) is 9.18 Å². The largest absolute Gasteiger partial charge is 0.487 e. The molecular formula is C18H21FN4O4. The molecule has 144 valence electrons. The summed E-state index contributed by atoms with van der Waals surface area (Å²) in [6.07, 6.45) is 1.43. The van der Waals surface area contributed by atoms with Crippen molar-refractivity contribution in [3.63, 3.8) is 0 Å². The summed E-state index contributed by atoms with van der Waals surface area (Å²) in [5.74, 6) is -1.39. The summed E-state index contributed by atoms with van der Waals surface area (Å²) in [6, 6.07) is 1.10. The van der Waals surface area contributed by atoms with E-state index in [0.29, 0.717) is 36.6 Å². The zero-order valence-electron chi connectivity index (χ0n) is 15.1. The average molecular weight is 376 g/mol. The summed E-state index contributed by atoms with van der Waals surface area (Å²) in [7, 11) is 2.02. The van der Waals surface area contributed by atoms with Crippen LogP contribution in [0.1, 0.15) is 23.3 Å². The molecule has 0 saturated carbocycles. The highest BCUT2D eigenvalue weighted by Gasteiger charge is 2.30. The summed E-state index contributed by atoms with van der Waals surface area (Å²) in [5, 5.41) is 22.1. The number of benzene rings is 1. The average Bonchev–Trinajstić information content (AvgIpc) is 2.64. The fraction of sp³-hybridized carbons (Fsp3) is 0.444. The lowest BCUT2D eigenvalue weighted by Gasteiger charge is -2.37. The highest BCUT2D eigenvalue weighted by Crippen LogP contribution is 2.42. The molecule has 0 amide bonds. The van der Waals surface area contributed by atoms with Gasteiger partial charge in [-0.05, 0) is 20.0 Å². The lowest BCUT2D eigenvalue weighted by Crippen LogP contribution is -2.45. The monoisotopic (exact) mass is 376 g/mol. The second-order valence-corrected chi connectivity index (χ2v) is 7.09. The smallest absolute Gasteiger partial charge is 0.339 e. The molecule has 0 spiro atoms. The van der Waals surface area contributed by atoms with E-state index in [1.807, 2.05) is 18.9 Å². The van der Waals surface area contributed by atoms with Crippen LogP contribution in [-0.2, 0) is 0 Å². The van der Waals surface area contributed by atoms with Crippen LogP contribution in [-0.4, -0.2) is 65.6 Å². The Morgan fingerprint density at radius 3 is 2.67 bits per heavy atom. The van der Waals surface area contributed by atoms with Crippen LogP contribution in [0.4, 0.5) is 10.1 Å². The molecule has 1 fully saturated rings. The summed E-state index contributed by atoms with van der Waals surface area (Å²) >= 11 is 0. The first-order valence-electron chi connectivity index (χ1n) is 8.81. The zero-order valence-corrected chi connectivity index (χ0v) is 15.1. The van der Waals surface area contributed by atoms with Crippen LogP contribution in [0, 0.1) is 5.82 Å². The minimum atomic E-state index is -1.24. The van der Waals surface area contributed by atoms with Crippen LogP contribution in [0.5, 0.6) is 5.75 Å². The summed E-state index contributed by atoms with van der Waals surface area (Å²) in [6.45, 7) is 5.13. The van der Waals surface area contributed by atoms with E-state index in [0.717, 1.165) is 13.1 Å². The number of anilines is 1. The second kappa shape index (κ2) is 6.41. The van der Waals surface area contributed by atoms with Crippen molar-refractivity contribution in [2.24, 2.45) is 5.16 Å². The molecule has 2 aliphatic rings. The third-order valence-corrected chi connectivity index (χ3v) is 5.31. The van der Waals surface area contributed by atoms with Gasteiger partial charge >= 0.3 is 5.97 Å². The summed E-state index contributed by atoms with van der Waals surface area (Å²) in [4.78, 5) is 15.7. The Kier molecular flexibility index (Phi) is 4.18. The highest BCUT2D eigenvalue weighted by atomic mass is 19.1. The lowest BCUT2D eigenvalue weighted by molar-refractivity contribution is 0.0692. The van der Waals surface area contributed by atoms with Crippen LogP contribution in [0.15, 0.2) is 17.4 Å². The maximum absolute atomic E-state index is 15.1. The molecule has 2 aliphatic heterocycles. The van der Waals surface area contributed by atoms with Crippen molar-refractivity contribution in [3.8, 4) is 5.75 Å². The number of aromatic carboxylic acids is 1. The number of rotatable bonds is 2. The molecule has 2 N–H and O–H groups in total. The Hall–Kier alpha value is -2.81. The van der Waals surface area contributed by atoms with Crippen molar-refractivity contribution in [3.05, 3.63) is 29.0 Å². The molecule has 1 aromatic heterocycles. The van der Waals surface area contributed by atoms with Gasteiger partial charge in [0.15, 0.2) is 11.6 Å². The van der Waals surface area contributed by atoms with E-state index < -0.39 is 11.8 Å². The second-order valence-electron chi connectivity index (χ2n) is 7.09. The fourth-order valence-electron chi connectivity index (χ4n) is 3.81. The van der Waals surface area contributed by atoms with Crippen LogP contribution in [0.3, 0.4) is 0 Å². The van der Waals surface area contributed by atoms with Crippen molar-refractivity contribution >= 4 is 22.6 Å². The fourth-order valence-corrected chi connectivity index (χ4v) is 3.81. The van der Waals surface area contributed by atoms with Crippen molar-refractivity contribution < 1.29 is 24.2 Å². The van der Waals surface area contributed by atoms with Crippen LogP contribution in [0.25, 0.3) is 10.9 Å². The summed E-state index contributed by atoms with van der Waals surface area (Å²) < 4.78 is 22.8. The molecular weight excluding hydrogens is 355 g/mol. The van der Waals surface area contributed by atoms with Gasteiger partial charge in [0.2, 0.25) is 0 Å². The van der Waals surface area contributed by atoms with Gasteiger partial charge in [0.25, 0.3) is 0 Å². The molecule has 0 unspecified atom stereocenters. The molecule has 0 aliphatic carbocycles. The molecule has 27 heavy (non-hydrogen) atoms. The van der Waals surface area contributed by atoms with E-state index in [2.05, 4.69) is 10.1 Å². The molecule has 9 heteroatoms. The molecule has 1 saturated heterocycles. The van der Waals surface area contributed by atoms with Crippen LogP contribution in [0.2, 0.25) is 0 Å². The van der Waals surface area contributed by atoms with E-state index >= 15 is 4.39 Å². The van der Waals surface area contributed by atoms with Gasteiger partial charge < -0.3 is 29.4 Å². The van der Waals surface area contributed by atoms with Crippen molar-refractivity contribution in [2.45, 2.75) is 13.0 Å². The molecule has 3 heterocycles. The number of hydrogen-bond acceptors (Lipinski definition) is 6. The maximum atomic E-state index is 15.1. The number of piperazine rings is 1. The topological polar surface area (TPSA) is 90.5 Å². The quantitative estimate of drug-likeness (QED) is 0.609. The van der Waals surface area contributed by atoms with E-state index in [9.17, 15) is 15.1 Å². The Morgan fingerprint density at radius 2 is 2.04 bits per heavy atom. The van der Waals surface area contributed by atoms with E-state index in [1.54, 1.807) is 4.57 Å². The van der Waals surface area contributed by atoms with E-state index in [-0.39, 0.29) is 22.3 Å². The van der Waals surface area contributed by atoms with Gasteiger partial charge in [-0.3, -0.25) is 0 Å².